The minimum atomic E-state index is -3.89. The SMILES string of the molecule is CC1C=CC=CC1C1(C(=O)N2CC(S(=O)(=O)c3ccccc3Cl)CC2C(=O)NC2(C#N)CC2)CC1. The van der Waals surface area contributed by atoms with Crippen molar-refractivity contribution in [2.45, 2.75) is 60.8 Å². The maximum Gasteiger partial charge on any atom is 0.244 e. The van der Waals surface area contributed by atoms with Gasteiger partial charge in [0.05, 0.1) is 26.7 Å². The van der Waals surface area contributed by atoms with Crippen molar-refractivity contribution < 1.29 is 18.0 Å². The highest BCUT2D eigenvalue weighted by Gasteiger charge is 2.60. The number of hydrogen-bond donors (Lipinski definition) is 1. The summed E-state index contributed by atoms with van der Waals surface area (Å²) >= 11 is 6.21. The molecule has 3 fully saturated rings. The molecule has 35 heavy (non-hydrogen) atoms. The Kier molecular flexibility index (Phi) is 5.84. The highest BCUT2D eigenvalue weighted by atomic mass is 35.5. The van der Waals surface area contributed by atoms with E-state index in [-0.39, 0.29) is 40.6 Å². The first-order valence-electron chi connectivity index (χ1n) is 12.0. The van der Waals surface area contributed by atoms with Crippen LogP contribution in [0.5, 0.6) is 0 Å². The van der Waals surface area contributed by atoms with Crippen LogP contribution >= 0.6 is 11.6 Å². The smallest absolute Gasteiger partial charge is 0.244 e. The number of sulfone groups is 1. The summed E-state index contributed by atoms with van der Waals surface area (Å²) in [6.07, 6.45) is 10.5. The Hall–Kier alpha value is -2.63. The summed E-state index contributed by atoms with van der Waals surface area (Å²) in [5, 5.41) is 11.4. The van der Waals surface area contributed by atoms with E-state index < -0.39 is 38.0 Å². The van der Waals surface area contributed by atoms with Crippen LogP contribution in [0, 0.1) is 28.6 Å². The van der Waals surface area contributed by atoms with Gasteiger partial charge in [-0.25, -0.2) is 8.42 Å². The Morgan fingerprint density at radius 1 is 1.14 bits per heavy atom. The molecule has 2 amide bonds. The van der Waals surface area contributed by atoms with Crippen molar-refractivity contribution >= 4 is 33.3 Å². The number of allylic oxidation sites excluding steroid dienone is 4. The molecule has 0 radical (unpaired) electrons. The minimum Gasteiger partial charge on any atom is -0.336 e. The number of likely N-dealkylation sites (tertiary alicyclic amines) is 1. The van der Waals surface area contributed by atoms with Gasteiger partial charge in [0.15, 0.2) is 9.84 Å². The van der Waals surface area contributed by atoms with Crippen molar-refractivity contribution in [2.24, 2.45) is 17.3 Å². The predicted molar refractivity (Wildman–Crippen MR) is 131 cm³/mol. The summed E-state index contributed by atoms with van der Waals surface area (Å²) in [5.41, 5.74) is -1.54. The standard InChI is InChI=1S/C26H28ClN3O4S/c1-17-6-2-3-7-19(17)26(12-13-26)24(32)30-15-18(35(33,34)22-9-5-4-8-20(22)27)14-21(30)23(31)29-25(16-28)10-11-25/h2-9,17-19,21H,10-15H2,1H3,(H,29,31). The first-order chi connectivity index (χ1) is 16.6. The van der Waals surface area contributed by atoms with E-state index in [9.17, 15) is 23.3 Å². The number of rotatable bonds is 6. The van der Waals surface area contributed by atoms with E-state index in [1.165, 1.54) is 17.0 Å². The second-order valence-electron chi connectivity index (χ2n) is 10.3. The zero-order chi connectivity index (χ0) is 25.0. The monoisotopic (exact) mass is 513 g/mol. The van der Waals surface area contributed by atoms with Crippen LogP contribution in [0.3, 0.4) is 0 Å². The number of amides is 2. The zero-order valence-corrected chi connectivity index (χ0v) is 21.1. The Morgan fingerprint density at radius 3 is 2.43 bits per heavy atom. The fraction of sp³-hybridized carbons (Fsp3) is 0.500. The molecule has 184 valence electrons. The lowest BCUT2D eigenvalue weighted by Crippen LogP contribution is -2.52. The van der Waals surface area contributed by atoms with Gasteiger partial charge in [0, 0.05) is 6.54 Å². The summed E-state index contributed by atoms with van der Waals surface area (Å²) in [5.74, 6) is -0.473. The first-order valence-corrected chi connectivity index (χ1v) is 13.9. The Morgan fingerprint density at radius 2 is 1.83 bits per heavy atom. The van der Waals surface area contributed by atoms with Crippen LogP contribution in [0.4, 0.5) is 0 Å². The average molecular weight is 514 g/mol. The maximum atomic E-state index is 14.0. The third-order valence-corrected chi connectivity index (χ3v) is 10.6. The number of hydrogen-bond acceptors (Lipinski definition) is 5. The number of benzene rings is 1. The van der Waals surface area contributed by atoms with Crippen LogP contribution in [0.2, 0.25) is 5.02 Å². The van der Waals surface area contributed by atoms with Gasteiger partial charge in [-0.3, -0.25) is 9.59 Å². The molecule has 0 bridgehead atoms. The normalized spacial score (nSPS) is 29.9. The van der Waals surface area contributed by atoms with Crippen LogP contribution in [0.15, 0.2) is 53.5 Å². The van der Waals surface area contributed by atoms with Gasteiger partial charge < -0.3 is 10.2 Å². The summed E-state index contributed by atoms with van der Waals surface area (Å²) in [6, 6.07) is 7.42. The maximum absolute atomic E-state index is 14.0. The van der Waals surface area contributed by atoms with E-state index in [0.29, 0.717) is 25.7 Å². The van der Waals surface area contributed by atoms with E-state index in [1.807, 2.05) is 18.2 Å². The van der Waals surface area contributed by atoms with Crippen LogP contribution in [0.25, 0.3) is 0 Å². The summed E-state index contributed by atoms with van der Waals surface area (Å²) in [4.78, 5) is 28.8. The first kappa shape index (κ1) is 24.1. The fourth-order valence-electron chi connectivity index (χ4n) is 5.58. The quantitative estimate of drug-likeness (QED) is 0.627. The zero-order valence-electron chi connectivity index (χ0n) is 19.5. The number of carbonyl (C=O) groups excluding carboxylic acids is 2. The topological polar surface area (TPSA) is 107 Å². The van der Waals surface area contributed by atoms with Gasteiger partial charge in [-0.1, -0.05) is 55.0 Å². The highest BCUT2D eigenvalue weighted by Crippen LogP contribution is 2.57. The minimum absolute atomic E-state index is 0.00295. The van der Waals surface area contributed by atoms with Gasteiger partial charge in [0.25, 0.3) is 0 Å². The molecule has 1 aromatic rings. The van der Waals surface area contributed by atoms with Crippen LogP contribution in [-0.2, 0) is 19.4 Å². The molecular weight excluding hydrogens is 486 g/mol. The number of nitriles is 1. The summed E-state index contributed by atoms with van der Waals surface area (Å²) in [6.45, 7) is 1.99. The van der Waals surface area contributed by atoms with Crippen molar-refractivity contribution in [3.63, 3.8) is 0 Å². The molecule has 1 saturated heterocycles. The molecular formula is C26H28ClN3O4S. The molecule has 1 N–H and O–H groups in total. The molecule has 0 aromatic heterocycles. The van der Waals surface area contributed by atoms with Crippen LogP contribution < -0.4 is 5.32 Å². The molecule has 4 unspecified atom stereocenters. The van der Waals surface area contributed by atoms with Gasteiger partial charge in [-0.15, -0.1) is 0 Å². The van der Waals surface area contributed by atoms with Crippen molar-refractivity contribution in [1.29, 1.82) is 5.26 Å². The van der Waals surface area contributed by atoms with Crippen molar-refractivity contribution in [3.05, 3.63) is 53.6 Å². The fourth-order valence-corrected chi connectivity index (χ4v) is 7.79. The molecule has 4 aliphatic rings. The number of nitrogens with one attached hydrogen (secondary N) is 1. The van der Waals surface area contributed by atoms with Crippen LogP contribution in [0.1, 0.15) is 39.0 Å². The molecule has 5 rings (SSSR count). The summed E-state index contributed by atoms with van der Waals surface area (Å²) < 4.78 is 27.1. The number of carbonyl (C=O) groups is 2. The molecule has 1 aliphatic heterocycles. The Labute approximate surface area is 210 Å². The lowest BCUT2D eigenvalue weighted by Gasteiger charge is -2.34. The van der Waals surface area contributed by atoms with Crippen LogP contribution in [-0.4, -0.2) is 48.5 Å². The summed E-state index contributed by atoms with van der Waals surface area (Å²) in [7, 11) is -3.89. The van der Waals surface area contributed by atoms with Crippen molar-refractivity contribution in [3.8, 4) is 6.07 Å². The van der Waals surface area contributed by atoms with Gasteiger partial charge in [-0.2, -0.15) is 5.26 Å². The largest absolute Gasteiger partial charge is 0.336 e. The predicted octanol–water partition coefficient (Wildman–Crippen LogP) is 3.41. The van der Waals surface area contributed by atoms with E-state index in [2.05, 4.69) is 24.4 Å². The van der Waals surface area contributed by atoms with Crippen molar-refractivity contribution in [2.75, 3.05) is 6.54 Å². The molecule has 4 atom stereocenters. The molecule has 7 nitrogen and oxygen atoms in total. The Bertz CT molecular complexity index is 1270. The second-order valence-corrected chi connectivity index (χ2v) is 12.9. The number of halogens is 1. The van der Waals surface area contributed by atoms with E-state index >= 15 is 0 Å². The molecule has 9 heteroatoms. The lowest BCUT2D eigenvalue weighted by molar-refractivity contribution is -0.144. The molecule has 2 saturated carbocycles. The third kappa shape index (κ3) is 4.09. The van der Waals surface area contributed by atoms with E-state index in [1.54, 1.807) is 12.1 Å². The lowest BCUT2D eigenvalue weighted by atomic mass is 9.76. The van der Waals surface area contributed by atoms with Gasteiger partial charge in [0.2, 0.25) is 11.8 Å². The van der Waals surface area contributed by atoms with Gasteiger partial charge in [-0.05, 0) is 56.1 Å². The average Bonchev–Trinajstić information content (AvgIpc) is 3.76. The van der Waals surface area contributed by atoms with E-state index in [0.717, 1.165) is 0 Å². The van der Waals surface area contributed by atoms with Gasteiger partial charge >= 0.3 is 0 Å². The van der Waals surface area contributed by atoms with E-state index in [4.69, 9.17) is 11.6 Å². The molecule has 1 aromatic carbocycles. The molecule has 1 heterocycles. The van der Waals surface area contributed by atoms with Gasteiger partial charge in [0.1, 0.15) is 11.6 Å². The third-order valence-electron chi connectivity index (χ3n) is 8.00. The van der Waals surface area contributed by atoms with Crippen molar-refractivity contribution in [1.82, 2.24) is 10.2 Å². The molecule has 0 spiro atoms. The highest BCUT2D eigenvalue weighted by molar-refractivity contribution is 7.92. The second kappa shape index (κ2) is 8.49. The Balaban J connectivity index is 1.46. The molecule has 3 aliphatic carbocycles. The number of nitrogens with zero attached hydrogens (tertiary/aromatic N) is 2.